The molecule has 0 aliphatic carbocycles. The fraction of sp³-hybridized carbons (Fsp3) is 0.250. The van der Waals surface area contributed by atoms with E-state index in [1.54, 1.807) is 19.1 Å². The van der Waals surface area contributed by atoms with E-state index in [4.69, 9.17) is 5.73 Å². The predicted molar refractivity (Wildman–Crippen MR) is 94.4 cm³/mol. The molecule has 4 N–H and O–H groups in total. The number of fused-ring (bicyclic) bond motifs is 1. The third-order valence-electron chi connectivity index (χ3n) is 4.09. The summed E-state index contributed by atoms with van der Waals surface area (Å²) in [5, 5.41) is 0.646. The largest absolute Gasteiger partial charge is 0.347 e. The van der Waals surface area contributed by atoms with E-state index >= 15 is 0 Å². The second kappa shape index (κ2) is 6.43. The normalized spacial score (nSPS) is 12.0. The molecule has 8 nitrogen and oxygen atoms in total. The molecule has 132 valence electrons. The molecule has 1 aromatic carbocycles. The number of nitrogens with one attached hydrogen (secondary N) is 2. The van der Waals surface area contributed by atoms with Crippen LogP contribution in [0.3, 0.4) is 0 Å². The number of rotatable bonds is 5. The van der Waals surface area contributed by atoms with Crippen molar-refractivity contribution in [3.63, 3.8) is 0 Å². The lowest BCUT2D eigenvalue weighted by Crippen LogP contribution is -2.27. The van der Waals surface area contributed by atoms with Crippen molar-refractivity contribution in [3.8, 4) is 0 Å². The van der Waals surface area contributed by atoms with Crippen molar-refractivity contribution in [2.24, 2.45) is 12.8 Å². The molecule has 0 bridgehead atoms. The van der Waals surface area contributed by atoms with E-state index in [2.05, 4.69) is 14.7 Å². The van der Waals surface area contributed by atoms with E-state index in [0.717, 1.165) is 5.52 Å². The first kappa shape index (κ1) is 17.3. The Balaban J connectivity index is 1.97. The molecule has 0 saturated heterocycles. The molecule has 0 unspecified atom stereocenters. The van der Waals surface area contributed by atoms with Gasteiger partial charge in [-0.05, 0) is 13.0 Å². The average Bonchev–Trinajstić information content (AvgIpc) is 2.85. The molecule has 0 radical (unpaired) electrons. The first-order valence-corrected chi connectivity index (χ1v) is 9.14. The first-order chi connectivity index (χ1) is 11.8. The molecule has 0 aliphatic rings. The Morgan fingerprint density at radius 2 is 2.04 bits per heavy atom. The Labute approximate surface area is 144 Å². The lowest BCUT2D eigenvalue weighted by molar-refractivity contribution is 0.578. The highest BCUT2D eigenvalue weighted by Crippen LogP contribution is 2.28. The summed E-state index contributed by atoms with van der Waals surface area (Å²) in [5.41, 5.74) is 6.98. The minimum absolute atomic E-state index is 0.103. The van der Waals surface area contributed by atoms with Gasteiger partial charge >= 0.3 is 0 Å². The average molecular weight is 361 g/mol. The van der Waals surface area contributed by atoms with Gasteiger partial charge in [0.1, 0.15) is 10.7 Å². The minimum atomic E-state index is -3.79. The van der Waals surface area contributed by atoms with Crippen LogP contribution in [0.4, 0.5) is 0 Å². The molecule has 3 rings (SSSR count). The van der Waals surface area contributed by atoms with Gasteiger partial charge in [0.05, 0.1) is 12.2 Å². The van der Waals surface area contributed by atoms with Crippen molar-refractivity contribution in [1.29, 1.82) is 0 Å². The van der Waals surface area contributed by atoms with E-state index in [0.29, 0.717) is 16.8 Å². The van der Waals surface area contributed by atoms with E-state index in [1.165, 1.54) is 6.07 Å². The number of hydrogen-bond acceptors (Lipinski definition) is 5. The van der Waals surface area contributed by atoms with Gasteiger partial charge in [0.2, 0.25) is 10.0 Å². The zero-order valence-corrected chi connectivity index (χ0v) is 14.7. The van der Waals surface area contributed by atoms with Gasteiger partial charge < -0.3 is 15.3 Å². The number of benzene rings is 1. The molecule has 9 heteroatoms. The maximum atomic E-state index is 12.8. The molecule has 0 amide bonds. The monoisotopic (exact) mass is 361 g/mol. The molecular formula is C16H19N5O3S. The third kappa shape index (κ3) is 3.21. The molecule has 0 fully saturated rings. The van der Waals surface area contributed by atoms with E-state index in [9.17, 15) is 13.2 Å². The SMILES string of the molecule is Cc1c(S(=O)(=O)NCc2nc(CN)cc(=O)[nH]2)c2ccccc2n1C. The Morgan fingerprint density at radius 3 is 2.76 bits per heavy atom. The number of hydrogen-bond donors (Lipinski definition) is 3. The van der Waals surface area contributed by atoms with Gasteiger partial charge in [-0.1, -0.05) is 18.2 Å². The van der Waals surface area contributed by atoms with Gasteiger partial charge in [0, 0.05) is 36.3 Å². The summed E-state index contributed by atoms with van der Waals surface area (Å²) in [6.07, 6.45) is 0. The van der Waals surface area contributed by atoms with Crippen LogP contribution in [0.1, 0.15) is 17.2 Å². The van der Waals surface area contributed by atoms with Gasteiger partial charge in [0.15, 0.2) is 0 Å². The van der Waals surface area contributed by atoms with Crippen LogP contribution in [-0.4, -0.2) is 23.0 Å². The number of aromatic nitrogens is 3. The summed E-state index contributed by atoms with van der Waals surface area (Å²) >= 11 is 0. The Kier molecular flexibility index (Phi) is 4.46. The summed E-state index contributed by atoms with van der Waals surface area (Å²) in [6, 6.07) is 8.58. The smallest absolute Gasteiger partial charge is 0.251 e. The molecule has 0 aliphatic heterocycles. The maximum Gasteiger partial charge on any atom is 0.251 e. The lowest BCUT2D eigenvalue weighted by Gasteiger charge is -2.08. The molecule has 2 heterocycles. The van der Waals surface area contributed by atoms with Crippen molar-refractivity contribution in [1.82, 2.24) is 19.3 Å². The highest BCUT2D eigenvalue weighted by atomic mass is 32.2. The molecule has 0 saturated carbocycles. The quantitative estimate of drug-likeness (QED) is 0.611. The highest BCUT2D eigenvalue weighted by Gasteiger charge is 2.24. The van der Waals surface area contributed by atoms with Gasteiger partial charge in [-0.15, -0.1) is 0 Å². The zero-order chi connectivity index (χ0) is 18.2. The molecule has 2 aromatic heterocycles. The maximum absolute atomic E-state index is 12.8. The van der Waals surface area contributed by atoms with Crippen molar-refractivity contribution in [3.05, 3.63) is 57.9 Å². The van der Waals surface area contributed by atoms with Crippen LogP contribution in [0.15, 0.2) is 40.0 Å². The van der Waals surface area contributed by atoms with Crippen LogP contribution < -0.4 is 16.0 Å². The molecule has 0 spiro atoms. The third-order valence-corrected chi connectivity index (χ3v) is 5.67. The summed E-state index contributed by atoms with van der Waals surface area (Å²) in [5.74, 6) is 0.217. The zero-order valence-electron chi connectivity index (χ0n) is 13.9. The van der Waals surface area contributed by atoms with Gasteiger partial charge in [-0.3, -0.25) is 4.79 Å². The fourth-order valence-corrected chi connectivity index (χ4v) is 4.27. The van der Waals surface area contributed by atoms with E-state index in [-0.39, 0.29) is 29.4 Å². The van der Waals surface area contributed by atoms with E-state index < -0.39 is 10.0 Å². The molecular weight excluding hydrogens is 342 g/mol. The van der Waals surface area contributed by atoms with Crippen LogP contribution in [0.2, 0.25) is 0 Å². The second-order valence-electron chi connectivity index (χ2n) is 5.70. The van der Waals surface area contributed by atoms with Crippen LogP contribution in [0.25, 0.3) is 10.9 Å². The van der Waals surface area contributed by atoms with Crippen molar-refractivity contribution in [2.75, 3.05) is 0 Å². The summed E-state index contributed by atoms with van der Waals surface area (Å²) in [4.78, 5) is 18.4. The van der Waals surface area contributed by atoms with Crippen molar-refractivity contribution >= 4 is 20.9 Å². The van der Waals surface area contributed by atoms with Crippen LogP contribution >= 0.6 is 0 Å². The Hall–Kier alpha value is -2.49. The number of aryl methyl sites for hydroxylation is 1. The van der Waals surface area contributed by atoms with Crippen molar-refractivity contribution < 1.29 is 8.42 Å². The van der Waals surface area contributed by atoms with Crippen molar-refractivity contribution in [2.45, 2.75) is 24.9 Å². The van der Waals surface area contributed by atoms with Gasteiger partial charge in [0.25, 0.3) is 5.56 Å². The number of para-hydroxylation sites is 1. The number of aromatic amines is 1. The number of sulfonamides is 1. The summed E-state index contributed by atoms with van der Waals surface area (Å²) in [7, 11) is -1.97. The number of nitrogens with zero attached hydrogens (tertiary/aromatic N) is 2. The van der Waals surface area contributed by atoms with Crippen LogP contribution in [-0.2, 0) is 30.2 Å². The standard InChI is InChI=1S/C16H19N5O3S/c1-10-16(12-5-3-4-6-13(12)21(10)2)25(23,24)18-9-14-19-11(8-17)7-15(22)20-14/h3-7,18H,8-9,17H2,1-2H3,(H,19,20,22). The lowest BCUT2D eigenvalue weighted by atomic mass is 10.2. The van der Waals surface area contributed by atoms with Gasteiger partial charge in [-0.25, -0.2) is 18.1 Å². The molecule has 3 aromatic rings. The minimum Gasteiger partial charge on any atom is -0.347 e. The predicted octanol–water partition coefficient (Wildman–Crippen LogP) is 0.507. The highest BCUT2D eigenvalue weighted by molar-refractivity contribution is 7.89. The first-order valence-electron chi connectivity index (χ1n) is 7.66. The molecule has 25 heavy (non-hydrogen) atoms. The summed E-state index contributed by atoms with van der Waals surface area (Å²) in [6.45, 7) is 1.73. The Bertz CT molecular complexity index is 1100. The molecule has 0 atom stereocenters. The van der Waals surface area contributed by atoms with E-state index in [1.807, 2.05) is 23.7 Å². The second-order valence-corrected chi connectivity index (χ2v) is 7.41. The van der Waals surface area contributed by atoms with Crippen LogP contribution in [0, 0.1) is 6.92 Å². The fourth-order valence-electron chi connectivity index (χ4n) is 2.81. The Morgan fingerprint density at radius 1 is 1.32 bits per heavy atom. The topological polar surface area (TPSA) is 123 Å². The summed E-state index contributed by atoms with van der Waals surface area (Å²) < 4.78 is 30.0. The number of nitrogens with two attached hydrogens (primary N) is 1. The number of H-pyrrole nitrogens is 1. The van der Waals surface area contributed by atoms with Gasteiger partial charge in [-0.2, -0.15) is 0 Å². The van der Waals surface area contributed by atoms with Crippen LogP contribution in [0.5, 0.6) is 0 Å².